The Balaban J connectivity index is 1.97. The highest BCUT2D eigenvalue weighted by molar-refractivity contribution is 9.10. The van der Waals surface area contributed by atoms with Crippen LogP contribution in [-0.2, 0) is 22.1 Å². The monoisotopic (exact) mass is 648 g/mol. The smallest absolute Gasteiger partial charge is 0.410 e. The minimum absolute atomic E-state index is 0.0696. The zero-order chi connectivity index (χ0) is 30.6. The van der Waals surface area contributed by atoms with Crippen molar-refractivity contribution in [2.45, 2.75) is 90.4 Å². The van der Waals surface area contributed by atoms with Crippen LogP contribution in [0.2, 0.25) is 18.1 Å². The molecule has 1 unspecified atom stereocenters. The Bertz CT molecular complexity index is 1220. The number of amides is 2. The minimum Gasteiger partial charge on any atom is -0.490 e. The van der Waals surface area contributed by atoms with E-state index in [-0.39, 0.29) is 36.7 Å². The number of carbonyl (C=O) groups excluding carboxylic acids is 2. The van der Waals surface area contributed by atoms with Crippen molar-refractivity contribution in [2.75, 3.05) is 19.8 Å². The van der Waals surface area contributed by atoms with E-state index < -0.39 is 26.1 Å². The first-order valence-electron chi connectivity index (χ1n) is 14.1. The van der Waals surface area contributed by atoms with Gasteiger partial charge in [0.2, 0.25) is 0 Å². The predicted octanol–water partition coefficient (Wildman–Crippen LogP) is 6.30. The van der Waals surface area contributed by atoms with Crippen molar-refractivity contribution in [1.29, 1.82) is 0 Å². The van der Waals surface area contributed by atoms with Crippen LogP contribution < -0.4 is 10.1 Å². The molecule has 2 atom stereocenters. The van der Waals surface area contributed by atoms with E-state index in [1.54, 1.807) is 23.1 Å². The number of halogens is 1. The summed E-state index contributed by atoms with van der Waals surface area (Å²) in [5, 5.41) is 12.2. The van der Waals surface area contributed by atoms with Crippen LogP contribution in [-0.4, -0.2) is 67.8 Å². The largest absolute Gasteiger partial charge is 0.490 e. The van der Waals surface area contributed by atoms with Crippen LogP contribution in [0.4, 0.5) is 4.79 Å². The standard InChI is InChI=1S/C31H45BrN2O6Si/c1-30(2,3)39-29(37)34-20-22-12-10-9-11-21(22)17-25(34)27(40-41(7,8)31(4,5)6)19-33-28(36)24-14-13-23(32)18-26(24)38-16-15-35/h9-14,18,25,27,35H,15-17,19-20H2,1-8H3,(H,33,36)/t25-,27?/m0/s1. The van der Waals surface area contributed by atoms with Gasteiger partial charge < -0.3 is 24.3 Å². The van der Waals surface area contributed by atoms with Gasteiger partial charge in [0, 0.05) is 17.6 Å². The van der Waals surface area contributed by atoms with Crippen molar-refractivity contribution in [3.05, 3.63) is 63.6 Å². The molecular formula is C31H45BrN2O6Si. The van der Waals surface area contributed by atoms with Crippen LogP contribution in [0.5, 0.6) is 5.75 Å². The van der Waals surface area contributed by atoms with Crippen molar-refractivity contribution in [1.82, 2.24) is 10.2 Å². The molecule has 2 aromatic rings. The highest BCUT2D eigenvalue weighted by Crippen LogP contribution is 2.39. The second-order valence-electron chi connectivity index (χ2n) is 13.0. The molecule has 1 aliphatic heterocycles. The molecule has 0 radical (unpaired) electrons. The fourth-order valence-electron chi connectivity index (χ4n) is 4.46. The Kier molecular flexibility index (Phi) is 10.7. The maximum atomic E-state index is 13.6. The molecular weight excluding hydrogens is 604 g/mol. The van der Waals surface area contributed by atoms with Gasteiger partial charge in [-0.05, 0) is 74.7 Å². The highest BCUT2D eigenvalue weighted by atomic mass is 79.9. The SMILES string of the molecule is CC(C)(C)OC(=O)N1Cc2ccccc2C[C@H]1C(CNC(=O)c1ccc(Br)cc1OCCO)O[Si](C)(C)C(C)(C)C. The first-order chi connectivity index (χ1) is 19.0. The van der Waals surface area contributed by atoms with Gasteiger partial charge in [0.05, 0.1) is 24.3 Å². The maximum Gasteiger partial charge on any atom is 0.410 e. The molecule has 0 spiro atoms. The molecule has 0 aliphatic carbocycles. The lowest BCUT2D eigenvalue weighted by Gasteiger charge is -2.46. The molecule has 1 heterocycles. The number of aliphatic hydroxyl groups excluding tert-OH is 1. The Labute approximate surface area is 254 Å². The summed E-state index contributed by atoms with van der Waals surface area (Å²) in [4.78, 5) is 28.8. The van der Waals surface area contributed by atoms with Crippen LogP contribution >= 0.6 is 15.9 Å². The Morgan fingerprint density at radius 3 is 2.37 bits per heavy atom. The number of carbonyl (C=O) groups is 2. The molecule has 226 valence electrons. The van der Waals surface area contributed by atoms with Gasteiger partial charge in [-0.3, -0.25) is 9.69 Å². The van der Waals surface area contributed by atoms with Crippen molar-refractivity contribution < 1.29 is 28.6 Å². The van der Waals surface area contributed by atoms with Gasteiger partial charge in [-0.2, -0.15) is 0 Å². The van der Waals surface area contributed by atoms with Crippen LogP contribution in [0.15, 0.2) is 46.9 Å². The molecule has 0 saturated heterocycles. The van der Waals surface area contributed by atoms with Gasteiger partial charge in [0.15, 0.2) is 8.32 Å². The molecule has 41 heavy (non-hydrogen) atoms. The summed E-state index contributed by atoms with van der Waals surface area (Å²) >= 11 is 3.42. The van der Waals surface area contributed by atoms with Crippen LogP contribution in [0.25, 0.3) is 0 Å². The molecule has 10 heteroatoms. The van der Waals surface area contributed by atoms with Crippen molar-refractivity contribution in [3.8, 4) is 5.75 Å². The summed E-state index contributed by atoms with van der Waals surface area (Å²) in [6.45, 7) is 16.9. The molecule has 0 fully saturated rings. The van der Waals surface area contributed by atoms with Crippen molar-refractivity contribution in [3.63, 3.8) is 0 Å². The van der Waals surface area contributed by atoms with E-state index >= 15 is 0 Å². The zero-order valence-electron chi connectivity index (χ0n) is 25.5. The van der Waals surface area contributed by atoms with Gasteiger partial charge in [0.25, 0.3) is 5.91 Å². The van der Waals surface area contributed by atoms with Crippen LogP contribution in [0, 0.1) is 0 Å². The third kappa shape index (κ3) is 8.80. The zero-order valence-corrected chi connectivity index (χ0v) is 28.1. The Morgan fingerprint density at radius 2 is 1.76 bits per heavy atom. The van der Waals surface area contributed by atoms with Crippen molar-refractivity contribution >= 4 is 36.2 Å². The highest BCUT2D eigenvalue weighted by Gasteiger charge is 2.44. The number of fused-ring (bicyclic) bond motifs is 1. The summed E-state index contributed by atoms with van der Waals surface area (Å²) in [7, 11) is -2.33. The summed E-state index contributed by atoms with van der Waals surface area (Å²) < 4.78 is 19.2. The number of aliphatic hydroxyl groups is 1. The second-order valence-corrected chi connectivity index (χ2v) is 18.7. The first kappa shape index (κ1) is 33.1. The molecule has 2 N–H and O–H groups in total. The van der Waals surface area contributed by atoms with E-state index in [0.29, 0.717) is 24.3 Å². The van der Waals surface area contributed by atoms with Gasteiger partial charge in [-0.1, -0.05) is 61.0 Å². The van der Waals surface area contributed by atoms with E-state index in [1.807, 2.05) is 39.0 Å². The van der Waals surface area contributed by atoms with E-state index in [2.05, 4.69) is 61.2 Å². The Hall–Kier alpha value is -2.40. The third-order valence-corrected chi connectivity index (χ3v) is 12.6. The summed E-state index contributed by atoms with van der Waals surface area (Å²) in [5.74, 6) is 0.0454. The quantitative estimate of drug-likeness (QED) is 0.310. The average Bonchev–Trinajstić information content (AvgIpc) is 2.87. The van der Waals surface area contributed by atoms with E-state index in [9.17, 15) is 14.7 Å². The lowest BCUT2D eigenvalue weighted by atomic mass is 9.91. The van der Waals surface area contributed by atoms with Crippen LogP contribution in [0.3, 0.4) is 0 Å². The number of hydrogen-bond donors (Lipinski definition) is 2. The number of ether oxygens (including phenoxy) is 2. The second kappa shape index (κ2) is 13.3. The average molecular weight is 650 g/mol. The van der Waals surface area contributed by atoms with E-state index in [1.165, 1.54) is 0 Å². The van der Waals surface area contributed by atoms with Gasteiger partial charge in [-0.15, -0.1) is 0 Å². The fourth-order valence-corrected chi connectivity index (χ4v) is 6.15. The minimum atomic E-state index is -2.33. The molecule has 1 aliphatic rings. The maximum absolute atomic E-state index is 13.6. The number of nitrogens with one attached hydrogen (secondary N) is 1. The molecule has 2 aromatic carbocycles. The van der Waals surface area contributed by atoms with E-state index in [4.69, 9.17) is 13.9 Å². The molecule has 3 rings (SSSR count). The molecule has 8 nitrogen and oxygen atoms in total. The summed E-state index contributed by atoms with van der Waals surface area (Å²) in [6, 6.07) is 12.9. The summed E-state index contributed by atoms with van der Waals surface area (Å²) in [6.07, 6.45) is -0.314. The normalized spacial score (nSPS) is 16.5. The molecule has 0 saturated carbocycles. The number of benzene rings is 2. The molecule has 0 aromatic heterocycles. The van der Waals surface area contributed by atoms with Gasteiger partial charge in [0.1, 0.15) is 18.0 Å². The fraction of sp³-hybridized carbons (Fsp3) is 0.548. The molecule has 2 amide bonds. The third-order valence-electron chi connectivity index (χ3n) is 7.60. The number of rotatable bonds is 9. The number of nitrogens with zero attached hydrogens (tertiary/aromatic N) is 1. The lowest BCUT2D eigenvalue weighted by molar-refractivity contribution is -0.00881. The first-order valence-corrected chi connectivity index (χ1v) is 17.8. The topological polar surface area (TPSA) is 97.3 Å². The van der Waals surface area contributed by atoms with Crippen LogP contribution in [0.1, 0.15) is 63.0 Å². The summed E-state index contributed by atoms with van der Waals surface area (Å²) in [5.41, 5.74) is 1.92. The van der Waals surface area contributed by atoms with Gasteiger partial charge in [-0.25, -0.2) is 4.79 Å². The number of hydrogen-bond acceptors (Lipinski definition) is 6. The van der Waals surface area contributed by atoms with Crippen molar-refractivity contribution in [2.24, 2.45) is 0 Å². The van der Waals surface area contributed by atoms with Gasteiger partial charge >= 0.3 is 6.09 Å². The Morgan fingerprint density at radius 1 is 1.10 bits per heavy atom. The molecule has 0 bridgehead atoms. The predicted molar refractivity (Wildman–Crippen MR) is 167 cm³/mol. The van der Waals surface area contributed by atoms with E-state index in [0.717, 1.165) is 15.6 Å². The lowest BCUT2D eigenvalue weighted by Crippen LogP contribution is -2.58.